The molecule has 5 nitrogen and oxygen atoms in total. The number of piperidine rings is 1. The van der Waals surface area contributed by atoms with Gasteiger partial charge in [0.2, 0.25) is 5.91 Å². The lowest BCUT2D eigenvalue weighted by Crippen LogP contribution is -2.47. The van der Waals surface area contributed by atoms with Crippen LogP contribution in [-0.2, 0) is 16.1 Å². The highest BCUT2D eigenvalue weighted by Gasteiger charge is 2.22. The van der Waals surface area contributed by atoms with Crippen LogP contribution in [0.3, 0.4) is 0 Å². The maximum Gasteiger partial charge on any atom is 0.248 e. The third kappa shape index (κ3) is 6.33. The number of rotatable bonds is 8. The van der Waals surface area contributed by atoms with Gasteiger partial charge in [0, 0.05) is 19.1 Å². The van der Waals surface area contributed by atoms with Crippen molar-refractivity contribution in [3.05, 3.63) is 29.8 Å². The van der Waals surface area contributed by atoms with Crippen molar-refractivity contribution in [1.29, 1.82) is 0 Å². The predicted octanol–water partition coefficient (Wildman–Crippen LogP) is 2.84. The van der Waals surface area contributed by atoms with Gasteiger partial charge in [-0.25, -0.2) is 0 Å². The van der Waals surface area contributed by atoms with E-state index in [2.05, 4.69) is 24.1 Å². The van der Waals surface area contributed by atoms with Gasteiger partial charge in [-0.2, -0.15) is 0 Å². The van der Waals surface area contributed by atoms with Crippen LogP contribution in [0, 0.1) is 5.92 Å². The summed E-state index contributed by atoms with van der Waals surface area (Å²) in [7, 11) is 1.64. The fourth-order valence-electron chi connectivity index (χ4n) is 3.21. The summed E-state index contributed by atoms with van der Waals surface area (Å²) in [6.07, 6.45) is 2.09. The molecule has 5 heteroatoms. The predicted molar refractivity (Wildman–Crippen MR) is 99.7 cm³/mol. The number of nitrogens with zero attached hydrogens (tertiary/aromatic N) is 1. The number of likely N-dealkylation sites (tertiary alicyclic amines) is 1. The van der Waals surface area contributed by atoms with Crippen molar-refractivity contribution in [2.75, 3.05) is 26.7 Å². The largest absolute Gasteiger partial charge is 0.497 e. The molecule has 0 spiro atoms. The molecule has 0 aliphatic carbocycles. The molecule has 2 rings (SSSR count). The molecule has 25 heavy (non-hydrogen) atoms. The van der Waals surface area contributed by atoms with E-state index >= 15 is 0 Å². The van der Waals surface area contributed by atoms with Crippen LogP contribution in [-0.4, -0.2) is 49.7 Å². The monoisotopic (exact) mass is 348 g/mol. The van der Waals surface area contributed by atoms with Crippen molar-refractivity contribution >= 4 is 5.91 Å². The molecule has 1 fully saturated rings. The quantitative estimate of drug-likeness (QED) is 0.785. The maximum atomic E-state index is 12.3. The van der Waals surface area contributed by atoms with Gasteiger partial charge in [-0.1, -0.05) is 19.1 Å². The highest BCUT2D eigenvalue weighted by molar-refractivity contribution is 5.80. The van der Waals surface area contributed by atoms with Crippen molar-refractivity contribution < 1.29 is 14.3 Å². The zero-order chi connectivity index (χ0) is 18.2. The number of ether oxygens (including phenoxy) is 2. The summed E-state index contributed by atoms with van der Waals surface area (Å²) < 4.78 is 10.9. The minimum absolute atomic E-state index is 0.0557. The second kappa shape index (κ2) is 9.78. The molecule has 1 N–H and O–H groups in total. The first kappa shape index (κ1) is 19.7. The minimum Gasteiger partial charge on any atom is -0.497 e. The lowest BCUT2D eigenvalue weighted by Gasteiger charge is -2.35. The fraction of sp³-hybridized carbons (Fsp3) is 0.650. The number of hydrogen-bond donors (Lipinski definition) is 1. The molecule has 1 aromatic carbocycles. The van der Waals surface area contributed by atoms with Gasteiger partial charge in [-0.05, 0) is 56.8 Å². The van der Waals surface area contributed by atoms with E-state index in [0.29, 0.717) is 19.2 Å². The molecule has 1 aliphatic heterocycles. The topological polar surface area (TPSA) is 50.8 Å². The van der Waals surface area contributed by atoms with Gasteiger partial charge in [0.15, 0.2) is 0 Å². The Morgan fingerprint density at radius 1 is 1.40 bits per heavy atom. The molecule has 0 unspecified atom stereocenters. The van der Waals surface area contributed by atoms with Crippen LogP contribution in [0.5, 0.6) is 5.75 Å². The van der Waals surface area contributed by atoms with Gasteiger partial charge in [0.25, 0.3) is 0 Å². The normalized spacial score (nSPS) is 20.7. The van der Waals surface area contributed by atoms with E-state index in [4.69, 9.17) is 9.47 Å². The number of hydrogen-bond acceptors (Lipinski definition) is 4. The van der Waals surface area contributed by atoms with Crippen LogP contribution in [0.25, 0.3) is 0 Å². The van der Waals surface area contributed by atoms with Crippen molar-refractivity contribution in [2.24, 2.45) is 5.92 Å². The SMILES string of the molecule is COc1cccc(CO[C@H](C)C(=O)NC[C@@H](C)N2CCC[C@@H](C)C2)c1. The molecule has 0 bridgehead atoms. The summed E-state index contributed by atoms with van der Waals surface area (Å²) in [5.74, 6) is 1.49. The molecule has 1 aliphatic rings. The van der Waals surface area contributed by atoms with Crippen LogP contribution >= 0.6 is 0 Å². The van der Waals surface area contributed by atoms with E-state index in [1.807, 2.05) is 24.3 Å². The Morgan fingerprint density at radius 3 is 2.92 bits per heavy atom. The fourth-order valence-corrected chi connectivity index (χ4v) is 3.21. The van der Waals surface area contributed by atoms with Crippen LogP contribution in [0.4, 0.5) is 0 Å². The first-order valence-corrected chi connectivity index (χ1v) is 9.26. The number of methoxy groups -OCH3 is 1. The summed E-state index contributed by atoms with van der Waals surface area (Å²) in [4.78, 5) is 14.7. The Bertz CT molecular complexity index is 549. The number of nitrogens with one attached hydrogen (secondary N) is 1. The average Bonchev–Trinajstić information content (AvgIpc) is 2.64. The molecule has 1 amide bonds. The standard InChI is InChI=1S/C20H32N2O3/c1-15-7-6-10-22(13-15)16(2)12-21-20(23)17(3)25-14-18-8-5-9-19(11-18)24-4/h5,8-9,11,15-17H,6-7,10,12-14H2,1-4H3,(H,21,23)/t15-,16-,17-/m1/s1. The van der Waals surface area contributed by atoms with Crippen molar-refractivity contribution in [3.8, 4) is 5.75 Å². The van der Waals surface area contributed by atoms with Crippen LogP contribution in [0.15, 0.2) is 24.3 Å². The van der Waals surface area contributed by atoms with Crippen molar-refractivity contribution in [2.45, 2.75) is 52.4 Å². The summed E-state index contributed by atoms with van der Waals surface area (Å²) in [6, 6.07) is 8.06. The van der Waals surface area contributed by atoms with Gasteiger partial charge >= 0.3 is 0 Å². The van der Waals surface area contributed by atoms with Gasteiger partial charge in [-0.15, -0.1) is 0 Å². The second-order valence-electron chi connectivity index (χ2n) is 7.14. The molecule has 1 heterocycles. The lowest BCUT2D eigenvalue weighted by atomic mass is 9.99. The number of amides is 1. The molecule has 1 saturated heterocycles. The van der Waals surface area contributed by atoms with Crippen molar-refractivity contribution in [1.82, 2.24) is 10.2 Å². The Balaban J connectivity index is 1.72. The number of carbonyl (C=O) groups excluding carboxylic acids is 1. The zero-order valence-electron chi connectivity index (χ0n) is 16.0. The van der Waals surface area contributed by atoms with E-state index in [-0.39, 0.29) is 5.91 Å². The molecule has 0 aromatic heterocycles. The van der Waals surface area contributed by atoms with E-state index in [1.54, 1.807) is 14.0 Å². The highest BCUT2D eigenvalue weighted by Crippen LogP contribution is 2.17. The van der Waals surface area contributed by atoms with Gasteiger partial charge < -0.3 is 14.8 Å². The average molecular weight is 348 g/mol. The molecule has 0 radical (unpaired) electrons. The van der Waals surface area contributed by atoms with E-state index in [9.17, 15) is 4.79 Å². The summed E-state index contributed by atoms with van der Waals surface area (Å²) >= 11 is 0. The van der Waals surface area contributed by atoms with Gasteiger partial charge in [-0.3, -0.25) is 9.69 Å². The zero-order valence-corrected chi connectivity index (χ0v) is 16.0. The lowest BCUT2D eigenvalue weighted by molar-refractivity contribution is -0.132. The first-order chi connectivity index (χ1) is 12.0. The molecule has 1 aromatic rings. The minimum atomic E-state index is -0.473. The van der Waals surface area contributed by atoms with E-state index < -0.39 is 6.10 Å². The summed E-state index contributed by atoms with van der Waals surface area (Å²) in [5.41, 5.74) is 0.995. The molecule has 3 atom stereocenters. The van der Waals surface area contributed by atoms with Crippen LogP contribution in [0.2, 0.25) is 0 Å². The molecule has 140 valence electrons. The molecule has 0 saturated carbocycles. The first-order valence-electron chi connectivity index (χ1n) is 9.26. The second-order valence-corrected chi connectivity index (χ2v) is 7.14. The molecular formula is C20H32N2O3. The van der Waals surface area contributed by atoms with Crippen molar-refractivity contribution in [3.63, 3.8) is 0 Å². The van der Waals surface area contributed by atoms with E-state index in [0.717, 1.165) is 30.3 Å². The Hall–Kier alpha value is -1.59. The molecular weight excluding hydrogens is 316 g/mol. The highest BCUT2D eigenvalue weighted by atomic mass is 16.5. The van der Waals surface area contributed by atoms with E-state index in [1.165, 1.54) is 12.8 Å². The van der Waals surface area contributed by atoms with Crippen LogP contribution in [0.1, 0.15) is 39.2 Å². The Kier molecular flexibility index (Phi) is 7.72. The van der Waals surface area contributed by atoms with Gasteiger partial charge in [0.1, 0.15) is 11.9 Å². The Labute approximate surface area is 151 Å². The number of benzene rings is 1. The third-order valence-electron chi connectivity index (χ3n) is 4.89. The smallest absolute Gasteiger partial charge is 0.248 e. The van der Waals surface area contributed by atoms with Gasteiger partial charge in [0.05, 0.1) is 13.7 Å². The number of carbonyl (C=O) groups is 1. The summed E-state index contributed by atoms with van der Waals surface area (Å²) in [5, 5.41) is 3.02. The maximum absolute atomic E-state index is 12.3. The van der Waals surface area contributed by atoms with Crippen LogP contribution < -0.4 is 10.1 Å². The Morgan fingerprint density at radius 2 is 2.20 bits per heavy atom. The third-order valence-corrected chi connectivity index (χ3v) is 4.89. The summed E-state index contributed by atoms with van der Waals surface area (Å²) in [6.45, 7) is 9.58.